The van der Waals surface area contributed by atoms with E-state index in [9.17, 15) is 4.79 Å². The summed E-state index contributed by atoms with van der Waals surface area (Å²) in [5.41, 5.74) is 10.2. The molecule has 1 amide bonds. The number of methoxy groups -OCH3 is 1. The molecule has 0 bridgehead atoms. The maximum absolute atomic E-state index is 12.3. The SMILES string of the molecule is COC(CN)CC(=O)Nc1ccccc1CN1CCc2ccccc21.Cl.Cl. The van der Waals surface area contributed by atoms with Gasteiger partial charge in [-0.3, -0.25) is 4.79 Å². The van der Waals surface area contributed by atoms with Gasteiger partial charge in [-0.15, -0.1) is 24.8 Å². The summed E-state index contributed by atoms with van der Waals surface area (Å²) in [7, 11) is 1.57. The normalized spacial score (nSPS) is 13.2. The number of anilines is 2. The molecule has 0 spiro atoms. The van der Waals surface area contributed by atoms with E-state index in [1.807, 2.05) is 18.2 Å². The van der Waals surface area contributed by atoms with Crippen LogP contribution in [0.4, 0.5) is 11.4 Å². The van der Waals surface area contributed by atoms with Gasteiger partial charge < -0.3 is 20.7 Å². The first kappa shape index (κ1) is 23.2. The van der Waals surface area contributed by atoms with Gasteiger partial charge >= 0.3 is 0 Å². The number of para-hydroxylation sites is 2. The maximum Gasteiger partial charge on any atom is 0.227 e. The molecular formula is C20H27Cl2N3O2. The topological polar surface area (TPSA) is 67.6 Å². The Morgan fingerprint density at radius 3 is 2.63 bits per heavy atom. The zero-order valence-corrected chi connectivity index (χ0v) is 17.0. The number of nitrogens with zero attached hydrogens (tertiary/aromatic N) is 1. The van der Waals surface area contributed by atoms with Crippen LogP contribution in [0.25, 0.3) is 0 Å². The highest BCUT2D eigenvalue weighted by atomic mass is 35.5. The van der Waals surface area contributed by atoms with Crippen molar-refractivity contribution in [1.29, 1.82) is 0 Å². The third-order valence-corrected chi connectivity index (χ3v) is 4.65. The Morgan fingerprint density at radius 2 is 1.89 bits per heavy atom. The molecule has 0 fully saturated rings. The Bertz CT molecular complexity index is 739. The minimum Gasteiger partial charge on any atom is -0.380 e. The molecule has 27 heavy (non-hydrogen) atoms. The second kappa shape index (κ2) is 11.1. The van der Waals surface area contributed by atoms with Crippen molar-refractivity contribution in [2.75, 3.05) is 30.4 Å². The lowest BCUT2D eigenvalue weighted by Gasteiger charge is -2.22. The lowest BCUT2D eigenvalue weighted by Crippen LogP contribution is -2.28. The van der Waals surface area contributed by atoms with Crippen molar-refractivity contribution in [1.82, 2.24) is 0 Å². The van der Waals surface area contributed by atoms with Crippen LogP contribution in [0.5, 0.6) is 0 Å². The summed E-state index contributed by atoms with van der Waals surface area (Å²) in [6, 6.07) is 16.4. The number of halogens is 2. The van der Waals surface area contributed by atoms with Crippen molar-refractivity contribution in [3.63, 3.8) is 0 Å². The molecule has 0 saturated heterocycles. The number of nitrogens with one attached hydrogen (secondary N) is 1. The van der Waals surface area contributed by atoms with E-state index < -0.39 is 0 Å². The molecule has 0 saturated carbocycles. The van der Waals surface area contributed by atoms with Gasteiger partial charge in [-0.25, -0.2) is 0 Å². The summed E-state index contributed by atoms with van der Waals surface area (Å²) in [4.78, 5) is 14.6. The molecule has 5 nitrogen and oxygen atoms in total. The Kier molecular flexibility index (Phi) is 9.60. The predicted molar refractivity (Wildman–Crippen MR) is 115 cm³/mol. The molecule has 7 heteroatoms. The molecule has 1 atom stereocenters. The van der Waals surface area contributed by atoms with Crippen molar-refractivity contribution >= 4 is 42.1 Å². The van der Waals surface area contributed by atoms with Gasteiger partial charge in [0.2, 0.25) is 5.91 Å². The van der Waals surface area contributed by atoms with Gasteiger partial charge in [0, 0.05) is 38.1 Å². The van der Waals surface area contributed by atoms with E-state index in [1.54, 1.807) is 7.11 Å². The highest BCUT2D eigenvalue weighted by Gasteiger charge is 2.20. The van der Waals surface area contributed by atoms with Gasteiger partial charge in [-0.1, -0.05) is 36.4 Å². The van der Waals surface area contributed by atoms with Crippen molar-refractivity contribution in [3.8, 4) is 0 Å². The number of fused-ring (bicyclic) bond motifs is 1. The molecular weight excluding hydrogens is 385 g/mol. The second-order valence-electron chi connectivity index (χ2n) is 6.30. The summed E-state index contributed by atoms with van der Waals surface area (Å²) in [5, 5.41) is 3.01. The van der Waals surface area contributed by atoms with Gasteiger partial charge in [0.1, 0.15) is 0 Å². The third-order valence-electron chi connectivity index (χ3n) is 4.65. The predicted octanol–water partition coefficient (Wildman–Crippen LogP) is 3.40. The monoisotopic (exact) mass is 411 g/mol. The van der Waals surface area contributed by atoms with Crippen LogP contribution < -0.4 is 16.0 Å². The maximum atomic E-state index is 12.3. The van der Waals surface area contributed by atoms with Crippen molar-refractivity contribution < 1.29 is 9.53 Å². The molecule has 2 aromatic rings. The Morgan fingerprint density at radius 1 is 1.19 bits per heavy atom. The summed E-state index contributed by atoms with van der Waals surface area (Å²) in [5.74, 6) is -0.0772. The van der Waals surface area contributed by atoms with Crippen LogP contribution in [0.3, 0.4) is 0 Å². The Hall–Kier alpha value is -1.79. The number of hydrogen-bond acceptors (Lipinski definition) is 4. The van der Waals surface area contributed by atoms with Crippen molar-refractivity contribution in [2.24, 2.45) is 5.73 Å². The number of rotatable bonds is 7. The molecule has 0 radical (unpaired) electrons. The van der Waals surface area contributed by atoms with Crippen molar-refractivity contribution in [3.05, 3.63) is 59.7 Å². The smallest absolute Gasteiger partial charge is 0.227 e. The zero-order chi connectivity index (χ0) is 17.6. The first-order valence-corrected chi connectivity index (χ1v) is 8.64. The van der Waals surface area contributed by atoms with E-state index in [4.69, 9.17) is 10.5 Å². The molecule has 2 aromatic carbocycles. The highest BCUT2D eigenvalue weighted by molar-refractivity contribution is 5.92. The summed E-state index contributed by atoms with van der Waals surface area (Å²) in [6.07, 6.45) is 1.07. The number of hydrogen-bond donors (Lipinski definition) is 2. The minimum atomic E-state index is -0.252. The average molecular weight is 412 g/mol. The van der Waals surface area contributed by atoms with Crippen LogP contribution in [-0.2, 0) is 22.5 Å². The van der Waals surface area contributed by atoms with Gasteiger partial charge in [0.15, 0.2) is 0 Å². The minimum absolute atomic E-state index is 0. The summed E-state index contributed by atoms with van der Waals surface area (Å²) in [6.45, 7) is 2.11. The summed E-state index contributed by atoms with van der Waals surface area (Å²) >= 11 is 0. The highest BCUT2D eigenvalue weighted by Crippen LogP contribution is 2.30. The number of carbonyl (C=O) groups is 1. The Balaban J connectivity index is 0.00000182. The van der Waals surface area contributed by atoms with Gasteiger partial charge in [-0.05, 0) is 29.7 Å². The van der Waals surface area contributed by atoms with Crippen LogP contribution in [0.2, 0.25) is 0 Å². The molecule has 1 unspecified atom stereocenters. The number of amides is 1. The lowest BCUT2D eigenvalue weighted by atomic mass is 10.1. The van der Waals surface area contributed by atoms with Gasteiger partial charge in [-0.2, -0.15) is 0 Å². The number of carbonyl (C=O) groups excluding carboxylic acids is 1. The van der Waals surface area contributed by atoms with E-state index in [2.05, 4.69) is 40.5 Å². The quantitative estimate of drug-likeness (QED) is 0.732. The van der Waals surface area contributed by atoms with Gasteiger partial charge in [0.25, 0.3) is 0 Å². The van der Waals surface area contributed by atoms with Crippen LogP contribution >= 0.6 is 24.8 Å². The van der Waals surface area contributed by atoms with E-state index >= 15 is 0 Å². The molecule has 3 N–H and O–H groups in total. The number of ether oxygens (including phenoxy) is 1. The molecule has 1 heterocycles. The third kappa shape index (κ3) is 5.84. The van der Waals surface area contributed by atoms with Crippen LogP contribution in [-0.4, -0.2) is 32.2 Å². The van der Waals surface area contributed by atoms with Crippen molar-refractivity contribution in [2.45, 2.75) is 25.5 Å². The lowest BCUT2D eigenvalue weighted by molar-refractivity contribution is -0.118. The molecule has 3 rings (SSSR count). The number of benzene rings is 2. The van der Waals surface area contributed by atoms with Crippen LogP contribution in [0.15, 0.2) is 48.5 Å². The molecule has 0 aliphatic carbocycles. The fourth-order valence-corrected chi connectivity index (χ4v) is 3.23. The van der Waals surface area contributed by atoms with Gasteiger partial charge in [0.05, 0.1) is 12.5 Å². The van der Waals surface area contributed by atoms with E-state index in [1.165, 1.54) is 11.3 Å². The molecule has 148 valence electrons. The first-order valence-electron chi connectivity index (χ1n) is 8.64. The Labute approximate surface area is 173 Å². The van der Waals surface area contributed by atoms with E-state index in [-0.39, 0.29) is 43.2 Å². The fraction of sp³-hybridized carbons (Fsp3) is 0.350. The standard InChI is InChI=1S/C20H25N3O2.2ClH/c1-25-17(13-21)12-20(24)22-18-8-4-2-7-16(18)14-23-11-10-15-6-3-5-9-19(15)23;;/h2-9,17H,10-14,21H2,1H3,(H,22,24);2*1H. The van der Waals surface area contributed by atoms with Crippen LogP contribution in [0.1, 0.15) is 17.5 Å². The van der Waals surface area contributed by atoms with Crippen LogP contribution in [0, 0.1) is 0 Å². The first-order chi connectivity index (χ1) is 12.2. The second-order valence-corrected chi connectivity index (χ2v) is 6.30. The zero-order valence-electron chi connectivity index (χ0n) is 15.4. The fourth-order valence-electron chi connectivity index (χ4n) is 3.23. The van der Waals surface area contributed by atoms with E-state index in [0.29, 0.717) is 6.54 Å². The average Bonchev–Trinajstić information content (AvgIpc) is 3.04. The molecule has 1 aliphatic heterocycles. The largest absolute Gasteiger partial charge is 0.380 e. The summed E-state index contributed by atoms with van der Waals surface area (Å²) < 4.78 is 5.19. The molecule has 1 aliphatic rings. The number of nitrogens with two attached hydrogens (primary N) is 1. The molecule has 0 aromatic heterocycles. The van der Waals surface area contributed by atoms with E-state index in [0.717, 1.165) is 30.8 Å².